The minimum atomic E-state index is -0.763. The van der Waals surface area contributed by atoms with Gasteiger partial charge < -0.3 is 50.4 Å². The Labute approximate surface area is 355 Å². The monoisotopic (exact) mass is 831 g/mol. The number of carbonyl (C=O) groups excluding carboxylic acids is 4. The van der Waals surface area contributed by atoms with Gasteiger partial charge in [-0.2, -0.15) is 0 Å². The van der Waals surface area contributed by atoms with E-state index in [1.54, 1.807) is 67.3 Å². The Hall–Kier alpha value is -6.35. The van der Waals surface area contributed by atoms with E-state index in [9.17, 15) is 19.2 Å². The average Bonchev–Trinajstić information content (AvgIpc) is 3.94. The van der Waals surface area contributed by atoms with E-state index in [0.29, 0.717) is 89.7 Å². The van der Waals surface area contributed by atoms with Crippen LogP contribution in [0.1, 0.15) is 79.2 Å². The van der Waals surface area contributed by atoms with Gasteiger partial charge in [0.2, 0.25) is 11.8 Å². The smallest absolute Gasteiger partial charge is 0.260 e. The second kappa shape index (κ2) is 17.3. The van der Waals surface area contributed by atoms with Gasteiger partial charge in [-0.05, 0) is 85.4 Å². The highest BCUT2D eigenvalue weighted by atomic mass is 16.5. The standard InChI is InChI=1S/C46H53N7O8/c1-25(2)42(47)44(55)50-26(3)43(54)51-31-11-9-28(10-12-31)30-16-33-22-49-37-20-41(39(59-5)18-35(37)46(57)53(33)24-30)61-14-6-13-60-40-19-36-34(17-38(40)58-4)45(56)52-23-29(27-7-8-27)15-32(52)21-48-36/h9-12,17-21,23-27,32-33,42,49H,6-8,13-16,22,47H2,1-5H3,(H,50,55)(H,51,54)/t26-,32-,33-,42-/m0/s1. The lowest BCUT2D eigenvalue weighted by atomic mass is 10.0. The van der Waals surface area contributed by atoms with Crippen molar-refractivity contribution in [1.82, 2.24) is 15.1 Å². The molecular formula is C46H53N7O8. The first-order valence-electron chi connectivity index (χ1n) is 20.9. The first kappa shape index (κ1) is 41.4. The van der Waals surface area contributed by atoms with E-state index in [-0.39, 0.29) is 41.6 Å². The second-order valence-corrected chi connectivity index (χ2v) is 16.5. The fraction of sp³-hybridized carbons (Fsp3) is 0.413. The van der Waals surface area contributed by atoms with Crippen molar-refractivity contribution in [2.24, 2.45) is 22.6 Å². The van der Waals surface area contributed by atoms with Gasteiger partial charge in [0.1, 0.15) is 6.04 Å². The van der Waals surface area contributed by atoms with Crippen LogP contribution < -0.4 is 40.6 Å². The van der Waals surface area contributed by atoms with E-state index in [1.807, 2.05) is 44.6 Å². The molecule has 4 aliphatic heterocycles. The third-order valence-electron chi connectivity index (χ3n) is 11.9. The van der Waals surface area contributed by atoms with Crippen LogP contribution >= 0.6 is 0 Å². The number of hydrogen-bond acceptors (Lipinski definition) is 11. The van der Waals surface area contributed by atoms with Gasteiger partial charge in [-0.25, -0.2) is 0 Å². The minimum absolute atomic E-state index is 0.0511. The second-order valence-electron chi connectivity index (χ2n) is 16.5. The van der Waals surface area contributed by atoms with Crippen molar-refractivity contribution < 1.29 is 38.1 Å². The van der Waals surface area contributed by atoms with E-state index in [0.717, 1.165) is 17.6 Å². The van der Waals surface area contributed by atoms with Gasteiger partial charge in [-0.3, -0.25) is 24.2 Å². The quantitative estimate of drug-likeness (QED) is 0.135. The van der Waals surface area contributed by atoms with Crippen LogP contribution in [0.25, 0.3) is 5.57 Å². The molecular weight excluding hydrogens is 779 g/mol. The van der Waals surface area contributed by atoms with E-state index < -0.39 is 12.1 Å². The number of fused-ring (bicyclic) bond motifs is 4. The minimum Gasteiger partial charge on any atom is -0.493 e. The summed E-state index contributed by atoms with van der Waals surface area (Å²) in [6.45, 7) is 6.45. The number of nitrogens with one attached hydrogen (secondary N) is 3. The van der Waals surface area contributed by atoms with Crippen LogP contribution in [0.5, 0.6) is 23.0 Å². The molecule has 5 aliphatic rings. The molecule has 0 saturated heterocycles. The molecule has 3 aromatic rings. The average molecular weight is 832 g/mol. The topological polar surface area (TPSA) is 186 Å². The molecule has 0 bridgehead atoms. The summed E-state index contributed by atoms with van der Waals surface area (Å²) in [5.41, 5.74) is 11.9. The van der Waals surface area contributed by atoms with Crippen LogP contribution in [-0.4, -0.2) is 97.8 Å². The fourth-order valence-electron chi connectivity index (χ4n) is 8.04. The van der Waals surface area contributed by atoms with Crippen LogP contribution in [-0.2, 0) is 9.59 Å². The lowest BCUT2D eigenvalue weighted by Crippen LogP contribution is -2.50. The van der Waals surface area contributed by atoms with Crippen molar-refractivity contribution >= 4 is 52.5 Å². The number of hydrogen-bond donors (Lipinski definition) is 4. The molecule has 4 amide bonds. The summed E-state index contributed by atoms with van der Waals surface area (Å²) in [7, 11) is 3.09. The number of anilines is 2. The molecule has 1 aliphatic carbocycles. The van der Waals surface area contributed by atoms with E-state index in [2.05, 4.69) is 16.0 Å². The highest BCUT2D eigenvalue weighted by molar-refractivity contribution is 6.05. The van der Waals surface area contributed by atoms with Crippen molar-refractivity contribution in [3.8, 4) is 23.0 Å². The number of methoxy groups -OCH3 is 2. The molecule has 5 N–H and O–H groups in total. The molecule has 0 radical (unpaired) electrons. The fourth-order valence-corrected chi connectivity index (χ4v) is 8.04. The van der Waals surface area contributed by atoms with Crippen LogP contribution in [0.3, 0.4) is 0 Å². The van der Waals surface area contributed by atoms with E-state index >= 15 is 0 Å². The van der Waals surface area contributed by atoms with Gasteiger partial charge in [0.15, 0.2) is 23.0 Å². The van der Waals surface area contributed by atoms with Gasteiger partial charge in [-0.1, -0.05) is 26.0 Å². The van der Waals surface area contributed by atoms with Gasteiger partial charge in [-0.15, -0.1) is 0 Å². The summed E-state index contributed by atoms with van der Waals surface area (Å²) in [5, 5.41) is 8.96. The lowest BCUT2D eigenvalue weighted by Gasteiger charge is -2.20. The summed E-state index contributed by atoms with van der Waals surface area (Å²) in [5.74, 6) is 1.46. The zero-order valence-electron chi connectivity index (χ0n) is 35.2. The van der Waals surface area contributed by atoms with Crippen LogP contribution in [0, 0.1) is 11.8 Å². The molecule has 0 spiro atoms. The largest absolute Gasteiger partial charge is 0.493 e. The Balaban J connectivity index is 0.861. The molecule has 8 rings (SSSR count). The third kappa shape index (κ3) is 8.65. The van der Waals surface area contributed by atoms with Crippen LogP contribution in [0.4, 0.5) is 17.1 Å². The normalized spacial score (nSPS) is 19.9. The van der Waals surface area contributed by atoms with Gasteiger partial charge in [0.05, 0.1) is 68.1 Å². The SMILES string of the molecule is COc1cc2c(cc1OCCCOc1cc3c(cc1OC)C(=O)N1C=C(c4ccc(NC(=O)[C@H](C)NC(=O)[C@@H](N)C(C)C)cc4)C[C@H]1CN3)N=C[C@@H]1CC(C3CC3)=CN1C2=O. The number of carbonyl (C=O) groups is 4. The zero-order chi connectivity index (χ0) is 42.9. The Morgan fingerprint density at radius 3 is 2.20 bits per heavy atom. The summed E-state index contributed by atoms with van der Waals surface area (Å²) in [6, 6.07) is 12.7. The summed E-state index contributed by atoms with van der Waals surface area (Å²) < 4.78 is 23.6. The molecule has 1 saturated carbocycles. The highest BCUT2D eigenvalue weighted by Gasteiger charge is 2.38. The number of ether oxygens (including phenoxy) is 4. The summed E-state index contributed by atoms with van der Waals surface area (Å²) in [4.78, 5) is 60.8. The van der Waals surface area contributed by atoms with Gasteiger partial charge >= 0.3 is 0 Å². The Morgan fingerprint density at radius 2 is 1.52 bits per heavy atom. The molecule has 61 heavy (non-hydrogen) atoms. The first-order chi connectivity index (χ1) is 29.4. The van der Waals surface area contributed by atoms with Crippen molar-refractivity contribution in [2.75, 3.05) is 44.6 Å². The number of aliphatic imine (C=N–C) groups is 1. The Morgan fingerprint density at radius 1 is 0.852 bits per heavy atom. The highest BCUT2D eigenvalue weighted by Crippen LogP contribution is 2.45. The molecule has 0 aromatic heterocycles. The van der Waals surface area contributed by atoms with Crippen LogP contribution in [0.2, 0.25) is 0 Å². The van der Waals surface area contributed by atoms with Crippen molar-refractivity contribution in [3.05, 3.63) is 83.2 Å². The molecule has 15 heteroatoms. The predicted octanol–water partition coefficient (Wildman–Crippen LogP) is 5.88. The van der Waals surface area contributed by atoms with Crippen molar-refractivity contribution in [2.45, 2.75) is 77.0 Å². The molecule has 0 unspecified atom stereocenters. The summed E-state index contributed by atoms with van der Waals surface area (Å²) in [6.07, 6.45) is 10.1. The maximum absolute atomic E-state index is 14.0. The lowest BCUT2D eigenvalue weighted by molar-refractivity contribution is -0.127. The number of amides is 4. The van der Waals surface area contributed by atoms with E-state index in [4.69, 9.17) is 29.7 Å². The Kier molecular flexibility index (Phi) is 11.8. The van der Waals surface area contributed by atoms with Crippen molar-refractivity contribution in [3.63, 3.8) is 0 Å². The van der Waals surface area contributed by atoms with Crippen molar-refractivity contribution in [1.29, 1.82) is 0 Å². The Bertz CT molecular complexity index is 2320. The molecule has 15 nitrogen and oxygen atoms in total. The number of nitrogens with two attached hydrogens (primary N) is 1. The maximum atomic E-state index is 14.0. The van der Waals surface area contributed by atoms with Gasteiger partial charge in [0.25, 0.3) is 11.8 Å². The summed E-state index contributed by atoms with van der Waals surface area (Å²) >= 11 is 0. The van der Waals surface area contributed by atoms with E-state index in [1.165, 1.54) is 18.4 Å². The predicted molar refractivity (Wildman–Crippen MR) is 232 cm³/mol. The molecule has 4 heterocycles. The molecule has 3 aromatic carbocycles. The molecule has 4 atom stereocenters. The molecule has 320 valence electrons. The third-order valence-corrected chi connectivity index (χ3v) is 11.9. The number of nitrogens with zero attached hydrogens (tertiary/aromatic N) is 3. The van der Waals surface area contributed by atoms with Gasteiger partial charge in [0, 0.05) is 49.4 Å². The number of benzene rings is 3. The first-order valence-corrected chi connectivity index (χ1v) is 20.9. The van der Waals surface area contributed by atoms with Crippen LogP contribution in [0.15, 0.2) is 71.5 Å². The number of rotatable bonds is 15. The maximum Gasteiger partial charge on any atom is 0.260 e. The molecule has 1 fully saturated rings. The zero-order valence-corrected chi connectivity index (χ0v) is 35.2.